The summed E-state index contributed by atoms with van der Waals surface area (Å²) < 4.78 is 47.1. The van der Waals surface area contributed by atoms with Gasteiger partial charge in [0.05, 0.1) is 11.5 Å². The van der Waals surface area contributed by atoms with Crippen molar-refractivity contribution in [3.05, 3.63) is 23.8 Å². The molecule has 0 saturated carbocycles. The van der Waals surface area contributed by atoms with Crippen molar-refractivity contribution in [3.8, 4) is 5.75 Å². The Morgan fingerprint density at radius 3 is 2.30 bits per heavy atom. The van der Waals surface area contributed by atoms with E-state index in [1.54, 1.807) is 0 Å². The third-order valence-corrected chi connectivity index (χ3v) is 4.72. The van der Waals surface area contributed by atoms with Gasteiger partial charge in [-0.15, -0.1) is 0 Å². The summed E-state index contributed by atoms with van der Waals surface area (Å²) in [5, 5.41) is 18.1. The van der Waals surface area contributed by atoms with Crippen LogP contribution in [0.25, 0.3) is 0 Å². The molecule has 0 bridgehead atoms. The topological polar surface area (TPSA) is 138 Å². The van der Waals surface area contributed by atoms with Crippen molar-refractivity contribution in [1.29, 1.82) is 0 Å². The van der Waals surface area contributed by atoms with Gasteiger partial charge in [0, 0.05) is 11.9 Å². The Kier molecular flexibility index (Phi) is 4.61. The van der Waals surface area contributed by atoms with Crippen LogP contribution in [0.1, 0.15) is 10.4 Å². The Bertz CT molecular complexity index is 722. The maximum atomic E-state index is 11.6. The van der Waals surface area contributed by atoms with Crippen molar-refractivity contribution < 1.29 is 31.8 Å². The van der Waals surface area contributed by atoms with E-state index in [1.165, 1.54) is 6.07 Å². The number of carbonyl (C=O) groups is 1. The van der Waals surface area contributed by atoms with E-state index in [-0.39, 0.29) is 5.69 Å². The van der Waals surface area contributed by atoms with Crippen LogP contribution in [0.3, 0.4) is 0 Å². The van der Waals surface area contributed by atoms with Crippen molar-refractivity contribution in [3.63, 3.8) is 0 Å². The summed E-state index contributed by atoms with van der Waals surface area (Å²) in [6.07, 6.45) is 0.908. The van der Waals surface area contributed by atoms with Crippen LogP contribution < -0.4 is 4.72 Å². The molecule has 0 heterocycles. The number of phenols is 1. The summed E-state index contributed by atoms with van der Waals surface area (Å²) in [6.45, 7) is 0. The lowest BCUT2D eigenvalue weighted by atomic mass is 10.2. The van der Waals surface area contributed by atoms with Gasteiger partial charge in [0.2, 0.25) is 10.0 Å². The maximum absolute atomic E-state index is 11.6. The van der Waals surface area contributed by atoms with E-state index < -0.39 is 48.6 Å². The Labute approximate surface area is 116 Å². The van der Waals surface area contributed by atoms with E-state index in [4.69, 9.17) is 5.11 Å². The molecule has 0 aromatic heterocycles. The number of sulfone groups is 1. The fourth-order valence-corrected chi connectivity index (χ4v) is 3.94. The summed E-state index contributed by atoms with van der Waals surface area (Å²) in [5.41, 5.74) is -0.540. The number of aromatic carboxylic acids is 1. The molecule has 112 valence electrons. The lowest BCUT2D eigenvalue weighted by Gasteiger charge is -2.09. The van der Waals surface area contributed by atoms with Gasteiger partial charge in [-0.2, -0.15) is 0 Å². The van der Waals surface area contributed by atoms with Crippen molar-refractivity contribution in [1.82, 2.24) is 0 Å². The molecule has 0 amide bonds. The van der Waals surface area contributed by atoms with Gasteiger partial charge in [0.1, 0.15) is 21.2 Å². The molecule has 0 fully saturated rings. The fraction of sp³-hybridized carbons (Fsp3) is 0.300. The standard InChI is InChI=1S/C10H13NO7S2/c1-19(15,16)4-5-20(17,18)11-7-2-3-9(12)8(6-7)10(13)14/h2-3,6,11-12H,4-5H2,1H3,(H,13,14). The minimum atomic E-state index is -3.93. The summed E-state index contributed by atoms with van der Waals surface area (Å²) in [6, 6.07) is 3.13. The zero-order chi connectivity index (χ0) is 15.6. The lowest BCUT2D eigenvalue weighted by Crippen LogP contribution is -2.22. The molecule has 10 heteroatoms. The highest BCUT2D eigenvalue weighted by Gasteiger charge is 2.16. The molecule has 1 aromatic rings. The highest BCUT2D eigenvalue weighted by atomic mass is 32.2. The average molecular weight is 323 g/mol. The van der Waals surface area contributed by atoms with Crippen LogP contribution >= 0.6 is 0 Å². The molecule has 0 radical (unpaired) electrons. The molecule has 0 spiro atoms. The van der Waals surface area contributed by atoms with E-state index in [0.717, 1.165) is 18.4 Å². The SMILES string of the molecule is CS(=O)(=O)CCS(=O)(=O)Nc1ccc(O)c(C(=O)O)c1. The normalized spacial score (nSPS) is 12.1. The summed E-state index contributed by atoms with van der Waals surface area (Å²) in [5.74, 6) is -3.11. The highest BCUT2D eigenvalue weighted by Crippen LogP contribution is 2.22. The van der Waals surface area contributed by atoms with Gasteiger partial charge >= 0.3 is 5.97 Å². The van der Waals surface area contributed by atoms with Crippen LogP contribution in [0.5, 0.6) is 5.75 Å². The number of anilines is 1. The number of rotatable bonds is 6. The first kappa shape index (κ1) is 16.2. The first-order chi connectivity index (χ1) is 9.00. The lowest BCUT2D eigenvalue weighted by molar-refractivity contribution is 0.0693. The van der Waals surface area contributed by atoms with Crippen molar-refractivity contribution in [2.45, 2.75) is 0 Å². The van der Waals surface area contributed by atoms with Crippen LogP contribution in [-0.4, -0.2) is 50.8 Å². The summed E-state index contributed by atoms with van der Waals surface area (Å²) >= 11 is 0. The third-order valence-electron chi connectivity index (χ3n) is 2.22. The molecule has 1 aromatic carbocycles. The number of benzene rings is 1. The quantitative estimate of drug-likeness (QED) is 0.620. The number of aromatic hydroxyl groups is 1. The Morgan fingerprint density at radius 2 is 1.80 bits per heavy atom. The second-order valence-electron chi connectivity index (χ2n) is 4.09. The maximum Gasteiger partial charge on any atom is 0.339 e. The molecule has 0 atom stereocenters. The first-order valence-corrected chi connectivity index (χ1v) is 8.96. The predicted octanol–water partition coefficient (Wildman–Crippen LogP) is -0.123. The minimum Gasteiger partial charge on any atom is -0.507 e. The van der Waals surface area contributed by atoms with Crippen LogP contribution in [0.15, 0.2) is 18.2 Å². The molecule has 0 aliphatic carbocycles. The van der Waals surface area contributed by atoms with Gasteiger partial charge in [-0.1, -0.05) is 0 Å². The average Bonchev–Trinajstić information content (AvgIpc) is 2.28. The molecule has 20 heavy (non-hydrogen) atoms. The minimum absolute atomic E-state index is 0.0753. The van der Waals surface area contributed by atoms with Crippen molar-refractivity contribution in [2.75, 3.05) is 22.5 Å². The third kappa shape index (κ3) is 5.05. The van der Waals surface area contributed by atoms with Crippen LogP contribution in [-0.2, 0) is 19.9 Å². The van der Waals surface area contributed by atoms with Crippen molar-refractivity contribution >= 4 is 31.5 Å². The van der Waals surface area contributed by atoms with Crippen LogP contribution in [0.4, 0.5) is 5.69 Å². The van der Waals surface area contributed by atoms with Crippen LogP contribution in [0.2, 0.25) is 0 Å². The van der Waals surface area contributed by atoms with E-state index in [2.05, 4.69) is 0 Å². The molecular formula is C10H13NO7S2. The van der Waals surface area contributed by atoms with Gasteiger partial charge in [0.25, 0.3) is 0 Å². The number of sulfonamides is 1. The Balaban J connectivity index is 2.93. The monoisotopic (exact) mass is 323 g/mol. The molecule has 0 unspecified atom stereocenters. The number of hydrogen-bond donors (Lipinski definition) is 3. The zero-order valence-corrected chi connectivity index (χ0v) is 12.0. The van der Waals surface area contributed by atoms with E-state index in [0.29, 0.717) is 0 Å². The number of nitrogens with one attached hydrogen (secondary N) is 1. The molecule has 1 rings (SSSR count). The number of carboxylic acids is 1. The summed E-state index contributed by atoms with van der Waals surface area (Å²) in [7, 11) is -7.36. The van der Waals surface area contributed by atoms with Gasteiger partial charge in [0.15, 0.2) is 0 Å². The molecule has 0 aliphatic rings. The molecule has 3 N–H and O–H groups in total. The van der Waals surface area contributed by atoms with Gasteiger partial charge in [-0.05, 0) is 18.2 Å². The van der Waals surface area contributed by atoms with Gasteiger partial charge in [-0.25, -0.2) is 21.6 Å². The van der Waals surface area contributed by atoms with Crippen LogP contribution in [0, 0.1) is 0 Å². The van der Waals surface area contributed by atoms with Crippen molar-refractivity contribution in [2.24, 2.45) is 0 Å². The second kappa shape index (κ2) is 5.67. The Hall–Kier alpha value is -1.81. The second-order valence-corrected chi connectivity index (χ2v) is 8.19. The number of hydrogen-bond acceptors (Lipinski definition) is 6. The molecule has 0 aliphatic heterocycles. The molecule has 8 nitrogen and oxygen atoms in total. The highest BCUT2D eigenvalue weighted by molar-refractivity contribution is 7.95. The molecular weight excluding hydrogens is 310 g/mol. The van der Waals surface area contributed by atoms with Gasteiger partial charge < -0.3 is 10.2 Å². The van der Waals surface area contributed by atoms with E-state index >= 15 is 0 Å². The number of carboxylic acid groups (broad SMARTS) is 1. The van der Waals surface area contributed by atoms with E-state index in [1.807, 2.05) is 4.72 Å². The summed E-state index contributed by atoms with van der Waals surface area (Å²) in [4.78, 5) is 10.8. The largest absolute Gasteiger partial charge is 0.507 e. The predicted molar refractivity (Wildman–Crippen MR) is 72.2 cm³/mol. The Morgan fingerprint density at radius 1 is 1.20 bits per heavy atom. The first-order valence-electron chi connectivity index (χ1n) is 5.25. The molecule has 0 saturated heterocycles. The van der Waals surface area contributed by atoms with E-state index in [9.17, 15) is 26.7 Å². The zero-order valence-electron chi connectivity index (χ0n) is 10.4. The van der Waals surface area contributed by atoms with Gasteiger partial charge in [-0.3, -0.25) is 4.72 Å². The fourth-order valence-electron chi connectivity index (χ4n) is 1.26. The smallest absolute Gasteiger partial charge is 0.339 e.